The molecule has 0 bridgehead atoms. The Kier molecular flexibility index (Phi) is 3.94. The molecule has 4 rings (SSSR count). The number of carbonyl (C=O) groups is 2. The number of aromatic nitrogens is 3. The highest BCUT2D eigenvalue weighted by atomic mass is 16.2. The molecular formula is C18H23N5O2. The van der Waals surface area contributed by atoms with Crippen LogP contribution in [-0.2, 0) is 4.79 Å². The van der Waals surface area contributed by atoms with Crippen molar-refractivity contribution >= 4 is 17.3 Å². The van der Waals surface area contributed by atoms with Crippen molar-refractivity contribution in [2.45, 2.75) is 44.6 Å². The van der Waals surface area contributed by atoms with Gasteiger partial charge < -0.3 is 10.6 Å². The molecule has 0 saturated heterocycles. The lowest BCUT2D eigenvalue weighted by molar-refractivity contribution is -0.123. The van der Waals surface area contributed by atoms with Crippen molar-refractivity contribution in [3.05, 3.63) is 30.4 Å². The van der Waals surface area contributed by atoms with Crippen LogP contribution in [0.25, 0.3) is 5.52 Å². The first-order chi connectivity index (χ1) is 12.1. The first kappa shape index (κ1) is 16.1. The quantitative estimate of drug-likeness (QED) is 0.800. The molecule has 25 heavy (non-hydrogen) atoms. The van der Waals surface area contributed by atoms with Crippen molar-refractivity contribution in [2.75, 3.05) is 6.54 Å². The molecule has 2 heterocycles. The third-order valence-electron chi connectivity index (χ3n) is 5.35. The largest absolute Gasteiger partial charge is 0.350 e. The van der Waals surface area contributed by atoms with Crippen LogP contribution in [0.4, 0.5) is 0 Å². The Labute approximate surface area is 146 Å². The van der Waals surface area contributed by atoms with E-state index in [0.717, 1.165) is 18.8 Å². The molecule has 2 aliphatic rings. The van der Waals surface area contributed by atoms with Crippen molar-refractivity contribution in [2.24, 2.45) is 11.8 Å². The van der Waals surface area contributed by atoms with Gasteiger partial charge in [0.25, 0.3) is 5.91 Å². The van der Waals surface area contributed by atoms with E-state index in [1.165, 1.54) is 12.8 Å². The second kappa shape index (κ2) is 6.13. The molecule has 1 unspecified atom stereocenters. The van der Waals surface area contributed by atoms with Crippen LogP contribution >= 0.6 is 0 Å². The highest BCUT2D eigenvalue weighted by Gasteiger charge is 2.44. The molecule has 2 N–H and O–H groups in total. The number of nitrogens with zero attached hydrogens (tertiary/aromatic N) is 3. The van der Waals surface area contributed by atoms with Crippen molar-refractivity contribution < 1.29 is 9.59 Å². The number of hydrogen-bond donors (Lipinski definition) is 2. The fraction of sp³-hybridized carbons (Fsp3) is 0.556. The molecule has 0 spiro atoms. The molecule has 0 aromatic carbocycles. The number of hydrogen-bond acceptors (Lipinski definition) is 4. The number of amides is 2. The first-order valence-electron chi connectivity index (χ1n) is 8.93. The Hall–Kier alpha value is -2.44. The second-order valence-electron chi connectivity index (χ2n) is 7.49. The molecule has 1 atom stereocenters. The highest BCUT2D eigenvalue weighted by Crippen LogP contribution is 2.39. The summed E-state index contributed by atoms with van der Waals surface area (Å²) in [6, 6.07) is 0. The smallest absolute Gasteiger partial charge is 0.255 e. The van der Waals surface area contributed by atoms with Crippen LogP contribution in [-0.4, -0.2) is 38.5 Å². The van der Waals surface area contributed by atoms with Crippen LogP contribution in [0.5, 0.6) is 0 Å². The summed E-state index contributed by atoms with van der Waals surface area (Å²) in [5, 5.41) is 10.2. The Morgan fingerprint density at radius 3 is 2.88 bits per heavy atom. The summed E-state index contributed by atoms with van der Waals surface area (Å²) in [5.41, 5.74) is 0.904. The van der Waals surface area contributed by atoms with Crippen molar-refractivity contribution in [1.82, 2.24) is 25.2 Å². The predicted octanol–water partition coefficient (Wildman–Crippen LogP) is 1.54. The van der Waals surface area contributed by atoms with Gasteiger partial charge in [0.05, 0.1) is 29.0 Å². The second-order valence-corrected chi connectivity index (χ2v) is 7.49. The van der Waals surface area contributed by atoms with Crippen molar-refractivity contribution in [3.8, 4) is 0 Å². The van der Waals surface area contributed by atoms with E-state index in [1.54, 1.807) is 29.3 Å². The zero-order valence-electron chi connectivity index (χ0n) is 14.4. The van der Waals surface area contributed by atoms with Gasteiger partial charge in [0, 0.05) is 25.4 Å². The van der Waals surface area contributed by atoms with Gasteiger partial charge in [-0.05, 0) is 37.5 Å². The van der Waals surface area contributed by atoms with Crippen molar-refractivity contribution in [3.63, 3.8) is 0 Å². The summed E-state index contributed by atoms with van der Waals surface area (Å²) < 4.78 is 1.62. The van der Waals surface area contributed by atoms with Crippen LogP contribution in [0.2, 0.25) is 0 Å². The van der Waals surface area contributed by atoms with Gasteiger partial charge >= 0.3 is 0 Å². The molecular weight excluding hydrogens is 318 g/mol. The number of carbonyl (C=O) groups excluding carboxylic acids is 2. The zero-order valence-corrected chi connectivity index (χ0v) is 14.4. The summed E-state index contributed by atoms with van der Waals surface area (Å²) in [6.45, 7) is 2.60. The minimum absolute atomic E-state index is 0.103. The van der Waals surface area contributed by atoms with Crippen LogP contribution in [0.1, 0.15) is 49.4 Å². The number of nitrogens with one attached hydrogen (secondary N) is 2. The standard InChI is InChI=1S/C18H23N5O2/c1-12(13-2-3-13)8-16(24)22-18(4-5-18)11-20-17(25)14-9-21-23-7-6-19-10-15(14)23/h6-7,9-10,12-13H,2-5,8,11H2,1H3,(H,20,25)(H,22,24). The normalized spacial score (nSPS) is 19.4. The predicted molar refractivity (Wildman–Crippen MR) is 91.9 cm³/mol. The summed E-state index contributed by atoms with van der Waals surface area (Å²) in [5.74, 6) is 1.10. The molecule has 2 aromatic rings. The Morgan fingerprint density at radius 1 is 1.36 bits per heavy atom. The maximum absolute atomic E-state index is 12.5. The monoisotopic (exact) mass is 341 g/mol. The molecule has 2 aliphatic carbocycles. The van der Waals surface area contributed by atoms with E-state index in [0.29, 0.717) is 30.0 Å². The summed E-state index contributed by atoms with van der Waals surface area (Å²) in [6.07, 6.45) is 11.4. The minimum atomic E-state index is -0.267. The maximum Gasteiger partial charge on any atom is 0.255 e. The van der Waals surface area contributed by atoms with Gasteiger partial charge in [0.1, 0.15) is 0 Å². The van der Waals surface area contributed by atoms with Gasteiger partial charge in [-0.25, -0.2) is 4.52 Å². The van der Waals surface area contributed by atoms with Gasteiger partial charge in [-0.3, -0.25) is 14.6 Å². The topological polar surface area (TPSA) is 88.4 Å². The Balaban J connectivity index is 1.32. The summed E-state index contributed by atoms with van der Waals surface area (Å²) in [7, 11) is 0. The van der Waals surface area contributed by atoms with E-state index < -0.39 is 0 Å². The van der Waals surface area contributed by atoms with Crippen LogP contribution in [0, 0.1) is 11.8 Å². The third-order valence-corrected chi connectivity index (χ3v) is 5.35. The number of fused-ring (bicyclic) bond motifs is 1. The van der Waals surface area contributed by atoms with E-state index in [4.69, 9.17) is 0 Å². The molecule has 2 amide bonds. The van der Waals surface area contributed by atoms with Gasteiger partial charge in [0.2, 0.25) is 5.91 Å². The molecule has 0 radical (unpaired) electrons. The third kappa shape index (κ3) is 3.50. The zero-order chi connectivity index (χ0) is 17.4. The van der Waals surface area contributed by atoms with E-state index in [-0.39, 0.29) is 17.4 Å². The van der Waals surface area contributed by atoms with Crippen LogP contribution < -0.4 is 10.6 Å². The molecule has 7 heteroatoms. The van der Waals surface area contributed by atoms with E-state index in [9.17, 15) is 9.59 Å². The molecule has 2 aromatic heterocycles. The number of rotatable bonds is 7. The fourth-order valence-corrected chi connectivity index (χ4v) is 3.32. The van der Waals surface area contributed by atoms with Crippen LogP contribution in [0.3, 0.4) is 0 Å². The molecule has 0 aliphatic heterocycles. The van der Waals surface area contributed by atoms with E-state index in [1.807, 2.05) is 0 Å². The lowest BCUT2D eigenvalue weighted by Gasteiger charge is -2.19. The van der Waals surface area contributed by atoms with Crippen LogP contribution in [0.15, 0.2) is 24.8 Å². The minimum Gasteiger partial charge on any atom is -0.350 e. The Bertz CT molecular complexity index is 807. The van der Waals surface area contributed by atoms with Gasteiger partial charge in [0.15, 0.2) is 0 Å². The average molecular weight is 341 g/mol. The first-order valence-corrected chi connectivity index (χ1v) is 8.93. The lowest BCUT2D eigenvalue weighted by atomic mass is 10.0. The van der Waals surface area contributed by atoms with Crippen molar-refractivity contribution in [1.29, 1.82) is 0 Å². The Morgan fingerprint density at radius 2 is 2.16 bits per heavy atom. The lowest BCUT2D eigenvalue weighted by Crippen LogP contribution is -2.46. The van der Waals surface area contributed by atoms with E-state index in [2.05, 4.69) is 27.6 Å². The fourth-order valence-electron chi connectivity index (χ4n) is 3.32. The molecule has 132 valence electrons. The van der Waals surface area contributed by atoms with Gasteiger partial charge in [-0.1, -0.05) is 6.92 Å². The van der Waals surface area contributed by atoms with E-state index >= 15 is 0 Å². The maximum atomic E-state index is 12.5. The molecule has 7 nitrogen and oxygen atoms in total. The summed E-state index contributed by atoms with van der Waals surface area (Å²) in [4.78, 5) is 28.7. The molecule has 2 fully saturated rings. The van der Waals surface area contributed by atoms with Gasteiger partial charge in [-0.15, -0.1) is 0 Å². The average Bonchev–Trinajstić information content (AvgIpc) is 3.51. The SMILES string of the molecule is CC(CC(=O)NC1(CNC(=O)c2cnn3ccncc23)CC1)C1CC1. The molecule has 2 saturated carbocycles. The highest BCUT2D eigenvalue weighted by molar-refractivity contribution is 6.00. The van der Waals surface area contributed by atoms with Gasteiger partial charge in [-0.2, -0.15) is 5.10 Å². The summed E-state index contributed by atoms with van der Waals surface area (Å²) >= 11 is 0.